The predicted molar refractivity (Wildman–Crippen MR) is 160 cm³/mol. The largest absolute Gasteiger partial charge is 0.372 e. The first-order chi connectivity index (χ1) is 17.6. The molecule has 36 heavy (non-hydrogen) atoms. The summed E-state index contributed by atoms with van der Waals surface area (Å²) in [6.45, 7) is 16.0. The number of imide groups is 1. The van der Waals surface area contributed by atoms with Gasteiger partial charge in [-0.15, -0.1) is 6.58 Å². The topological polar surface area (TPSA) is 49.4 Å². The fourth-order valence-electron chi connectivity index (χ4n) is 3.55. The number of unbranched alkanes of at least 4 members (excludes halogenated alkanes) is 7. The lowest BCUT2D eigenvalue weighted by Crippen LogP contribution is -2.25. The summed E-state index contributed by atoms with van der Waals surface area (Å²) in [6.07, 6.45) is 22.7. The minimum absolute atomic E-state index is 0.329. The number of allylic oxidation sites excluding steroid dienone is 1. The van der Waals surface area contributed by atoms with Crippen molar-refractivity contribution in [2.75, 3.05) is 18.0 Å². The zero-order valence-electron chi connectivity index (χ0n) is 24.5. The Morgan fingerprint density at radius 2 is 1.44 bits per heavy atom. The van der Waals surface area contributed by atoms with E-state index in [1.807, 2.05) is 25.2 Å². The second-order valence-corrected chi connectivity index (χ2v) is 9.19. The number of amides is 2. The molecule has 1 N–H and O–H groups in total. The zero-order chi connectivity index (χ0) is 27.3. The molecular weight excluding hydrogens is 444 g/mol. The maximum atomic E-state index is 9.70. The third-order valence-electron chi connectivity index (χ3n) is 5.96. The van der Waals surface area contributed by atoms with Gasteiger partial charge in [0.2, 0.25) is 12.3 Å². The smallest absolute Gasteiger partial charge is 0.223 e. The van der Waals surface area contributed by atoms with Crippen molar-refractivity contribution >= 4 is 18.0 Å². The van der Waals surface area contributed by atoms with E-state index in [4.69, 9.17) is 0 Å². The molecule has 1 fully saturated rings. The van der Waals surface area contributed by atoms with Crippen molar-refractivity contribution in [3.63, 3.8) is 0 Å². The first-order valence-electron chi connectivity index (χ1n) is 14.7. The summed E-state index contributed by atoms with van der Waals surface area (Å²) in [5.41, 5.74) is 2.90. The van der Waals surface area contributed by atoms with E-state index in [0.29, 0.717) is 6.41 Å². The second-order valence-electron chi connectivity index (χ2n) is 9.19. The lowest BCUT2D eigenvalue weighted by Gasteiger charge is -2.24. The molecule has 208 valence electrons. The monoisotopic (exact) mass is 502 g/mol. The molecule has 0 saturated heterocycles. The Kier molecular flexibility index (Phi) is 29.2. The Bertz CT molecular complexity index is 605. The number of carbonyl (C=O) groups is 2. The van der Waals surface area contributed by atoms with E-state index in [1.165, 1.54) is 128 Å². The first-order valence-corrected chi connectivity index (χ1v) is 14.7. The molecular formula is C32H58N2O2. The summed E-state index contributed by atoms with van der Waals surface area (Å²) in [5, 5.41) is 1.89. The van der Waals surface area contributed by atoms with Gasteiger partial charge in [-0.25, -0.2) is 0 Å². The van der Waals surface area contributed by atoms with Gasteiger partial charge in [-0.1, -0.05) is 104 Å². The Balaban J connectivity index is 0. The van der Waals surface area contributed by atoms with Crippen molar-refractivity contribution in [2.45, 2.75) is 131 Å². The molecule has 1 aromatic rings. The van der Waals surface area contributed by atoms with E-state index in [0.717, 1.165) is 0 Å². The quantitative estimate of drug-likeness (QED) is 0.139. The van der Waals surface area contributed by atoms with Crippen molar-refractivity contribution in [1.82, 2.24) is 5.32 Å². The molecule has 1 saturated carbocycles. The van der Waals surface area contributed by atoms with Gasteiger partial charge in [0.15, 0.2) is 0 Å². The lowest BCUT2D eigenvalue weighted by molar-refractivity contribution is -0.123. The number of benzene rings is 1. The molecule has 0 aliphatic heterocycles. The fourth-order valence-corrected chi connectivity index (χ4v) is 3.55. The van der Waals surface area contributed by atoms with Crippen LogP contribution in [0.15, 0.2) is 36.9 Å². The van der Waals surface area contributed by atoms with Crippen LogP contribution in [0, 0.1) is 0 Å². The Morgan fingerprint density at radius 1 is 0.861 bits per heavy atom. The van der Waals surface area contributed by atoms with Crippen LogP contribution in [-0.4, -0.2) is 25.4 Å². The van der Waals surface area contributed by atoms with Gasteiger partial charge in [0.05, 0.1) is 0 Å². The average molecular weight is 503 g/mol. The van der Waals surface area contributed by atoms with Crippen LogP contribution in [0.4, 0.5) is 5.69 Å². The number of carbonyl (C=O) groups excluding carboxylic acids is 2. The molecule has 0 atom stereocenters. The van der Waals surface area contributed by atoms with Crippen LogP contribution in [0.5, 0.6) is 0 Å². The molecule has 0 bridgehead atoms. The van der Waals surface area contributed by atoms with Crippen LogP contribution in [0.1, 0.15) is 130 Å². The lowest BCUT2D eigenvalue weighted by atomic mass is 10.0. The van der Waals surface area contributed by atoms with E-state index < -0.39 is 0 Å². The number of anilines is 1. The van der Waals surface area contributed by atoms with E-state index in [2.05, 4.69) is 49.6 Å². The molecule has 0 aromatic heterocycles. The number of hydrogen-bond acceptors (Lipinski definition) is 3. The summed E-state index contributed by atoms with van der Waals surface area (Å²) in [7, 11) is 0. The summed E-state index contributed by atoms with van der Waals surface area (Å²) >= 11 is 0. The van der Waals surface area contributed by atoms with Crippen molar-refractivity contribution in [1.29, 1.82) is 0 Å². The van der Waals surface area contributed by atoms with Gasteiger partial charge in [0, 0.05) is 25.7 Å². The van der Waals surface area contributed by atoms with Gasteiger partial charge in [-0.3, -0.25) is 14.9 Å². The minimum atomic E-state index is -0.329. The van der Waals surface area contributed by atoms with Crippen molar-refractivity contribution in [3.8, 4) is 0 Å². The summed E-state index contributed by atoms with van der Waals surface area (Å²) < 4.78 is 0. The molecule has 2 amide bonds. The number of hydrogen-bond donors (Lipinski definition) is 1. The van der Waals surface area contributed by atoms with Crippen LogP contribution in [0.3, 0.4) is 0 Å². The molecule has 0 spiro atoms. The van der Waals surface area contributed by atoms with Gasteiger partial charge in [0.1, 0.15) is 0 Å². The van der Waals surface area contributed by atoms with E-state index >= 15 is 0 Å². The summed E-state index contributed by atoms with van der Waals surface area (Å²) in [6, 6.07) is 9.35. The summed E-state index contributed by atoms with van der Waals surface area (Å²) in [4.78, 5) is 21.5. The highest BCUT2D eigenvalue weighted by atomic mass is 16.2. The Morgan fingerprint density at radius 3 is 1.89 bits per heavy atom. The molecule has 0 radical (unpaired) electrons. The molecule has 0 unspecified atom stereocenters. The maximum absolute atomic E-state index is 9.70. The minimum Gasteiger partial charge on any atom is -0.372 e. The highest BCUT2D eigenvalue weighted by Crippen LogP contribution is 2.18. The standard InChI is InChI=1S/C23H39N.C4H8.C3H5NO2.C2H6/c1-4-7-9-11-12-14-21-24(20-6-3)23-18-16-22(17-19-23)15-13-10-8-5-2;1-2-4-3-1;1-3(6)4-2-5;1-2/h4,16-19H,1,5-15,20-21H2,2-3H3;1-4H2;2H,1H3,(H,4,5,6);1-2H3. The SMILES string of the molecule is C1CCC1.C=CCCCCCCN(CCC)c1ccc(CCCCCC)cc1.CC.CC(=O)NC=O. The average Bonchev–Trinajstić information content (AvgIpc) is 2.84. The fraction of sp³-hybridized carbons (Fsp3) is 0.688. The highest BCUT2D eigenvalue weighted by molar-refractivity contribution is 5.83. The van der Waals surface area contributed by atoms with Gasteiger partial charge in [-0.2, -0.15) is 0 Å². The predicted octanol–water partition coefficient (Wildman–Crippen LogP) is 9.03. The van der Waals surface area contributed by atoms with Crippen LogP contribution < -0.4 is 10.2 Å². The molecule has 4 heteroatoms. The zero-order valence-corrected chi connectivity index (χ0v) is 24.5. The molecule has 1 aliphatic rings. The van der Waals surface area contributed by atoms with Crippen molar-refractivity contribution in [3.05, 3.63) is 42.5 Å². The Hall–Kier alpha value is -2.10. The number of nitrogens with zero attached hydrogens (tertiary/aromatic N) is 1. The summed E-state index contributed by atoms with van der Waals surface area (Å²) in [5.74, 6) is -0.329. The van der Waals surface area contributed by atoms with Crippen LogP contribution >= 0.6 is 0 Å². The van der Waals surface area contributed by atoms with Crippen molar-refractivity contribution in [2.24, 2.45) is 0 Å². The van der Waals surface area contributed by atoms with Gasteiger partial charge in [0.25, 0.3) is 0 Å². The number of nitrogens with one attached hydrogen (secondary N) is 1. The van der Waals surface area contributed by atoms with Gasteiger partial charge >= 0.3 is 0 Å². The second kappa shape index (κ2) is 29.1. The van der Waals surface area contributed by atoms with Crippen LogP contribution in [0.2, 0.25) is 0 Å². The third-order valence-corrected chi connectivity index (χ3v) is 5.96. The Labute approximate surface area is 224 Å². The van der Waals surface area contributed by atoms with Crippen molar-refractivity contribution < 1.29 is 9.59 Å². The van der Waals surface area contributed by atoms with E-state index in [9.17, 15) is 9.59 Å². The molecule has 4 nitrogen and oxygen atoms in total. The number of rotatable bonds is 16. The normalized spacial score (nSPS) is 11.1. The van der Waals surface area contributed by atoms with Crippen LogP contribution in [-0.2, 0) is 16.0 Å². The third kappa shape index (κ3) is 23.6. The maximum Gasteiger partial charge on any atom is 0.223 e. The molecule has 0 heterocycles. The van der Waals surface area contributed by atoms with Gasteiger partial charge in [-0.05, 0) is 56.2 Å². The highest BCUT2D eigenvalue weighted by Gasteiger charge is 2.05. The van der Waals surface area contributed by atoms with E-state index in [-0.39, 0.29) is 5.91 Å². The van der Waals surface area contributed by atoms with Gasteiger partial charge < -0.3 is 4.90 Å². The first kappa shape index (κ1) is 36.1. The molecule has 1 aliphatic carbocycles. The molecule has 1 aromatic carbocycles. The van der Waals surface area contributed by atoms with Crippen LogP contribution in [0.25, 0.3) is 0 Å². The number of aryl methyl sites for hydroxylation is 1. The van der Waals surface area contributed by atoms with E-state index in [1.54, 1.807) is 0 Å². The molecule has 2 rings (SSSR count).